The summed E-state index contributed by atoms with van der Waals surface area (Å²) in [7, 11) is 0. The fraction of sp³-hybridized carbons (Fsp3) is 0.370. The molecule has 0 bridgehead atoms. The topological polar surface area (TPSA) is 108 Å². The number of piperidine rings is 1. The number of hydrogen-bond donors (Lipinski definition) is 2. The summed E-state index contributed by atoms with van der Waals surface area (Å²) < 4.78 is 0. The molecule has 1 unspecified atom stereocenters. The van der Waals surface area contributed by atoms with Crippen molar-refractivity contribution in [3.05, 3.63) is 71.2 Å². The minimum atomic E-state index is -0.946. The molecule has 4 heterocycles. The van der Waals surface area contributed by atoms with Gasteiger partial charge >= 0.3 is 0 Å². The molecule has 8 heteroatoms. The number of amides is 3. The van der Waals surface area contributed by atoms with E-state index in [1.54, 1.807) is 12.1 Å². The van der Waals surface area contributed by atoms with Crippen molar-refractivity contribution in [1.82, 2.24) is 25.4 Å². The van der Waals surface area contributed by atoms with Gasteiger partial charge in [-0.15, -0.1) is 0 Å². The second-order valence-electron chi connectivity index (χ2n) is 9.56. The number of carbonyl (C=O) groups is 3. The average molecular weight is 472 g/mol. The van der Waals surface area contributed by atoms with Crippen LogP contribution in [-0.4, -0.2) is 50.9 Å². The molecule has 5 rings (SSSR count). The lowest BCUT2D eigenvalue weighted by atomic mass is 9.79. The summed E-state index contributed by atoms with van der Waals surface area (Å²) >= 11 is 0. The minimum Gasteiger partial charge on any atom is -0.339 e. The Morgan fingerprint density at radius 2 is 1.86 bits per heavy atom. The summed E-state index contributed by atoms with van der Waals surface area (Å²) in [6.45, 7) is 5.23. The third kappa shape index (κ3) is 4.24. The second-order valence-corrected chi connectivity index (χ2v) is 9.56. The Labute approximate surface area is 204 Å². The third-order valence-electron chi connectivity index (χ3n) is 7.41. The molecule has 3 aromatic rings. The van der Waals surface area contributed by atoms with Gasteiger partial charge in [-0.25, -0.2) is 0 Å². The molecular formula is C27H29N5O3. The van der Waals surface area contributed by atoms with E-state index in [1.165, 1.54) is 11.8 Å². The van der Waals surface area contributed by atoms with Crippen LogP contribution < -0.4 is 5.32 Å². The molecule has 1 aromatic carbocycles. The Morgan fingerprint density at radius 3 is 2.46 bits per heavy atom. The lowest BCUT2D eigenvalue weighted by Crippen LogP contribution is -2.38. The number of aryl methyl sites for hydroxylation is 1. The van der Waals surface area contributed by atoms with E-state index >= 15 is 0 Å². The van der Waals surface area contributed by atoms with E-state index < -0.39 is 5.41 Å². The van der Waals surface area contributed by atoms with Crippen molar-refractivity contribution in [2.45, 2.75) is 50.9 Å². The quantitative estimate of drug-likeness (QED) is 0.554. The van der Waals surface area contributed by atoms with Crippen LogP contribution >= 0.6 is 0 Å². The summed E-state index contributed by atoms with van der Waals surface area (Å²) in [5, 5.41) is 10.1. The number of aromatic nitrogens is 3. The first kappa shape index (κ1) is 23.0. The van der Waals surface area contributed by atoms with Gasteiger partial charge in [-0.2, -0.15) is 5.10 Å². The number of hydrogen-bond acceptors (Lipinski definition) is 5. The highest BCUT2D eigenvalue weighted by molar-refractivity contribution is 6.08. The first-order valence-corrected chi connectivity index (χ1v) is 12.1. The first-order chi connectivity index (χ1) is 16.9. The van der Waals surface area contributed by atoms with Crippen molar-refractivity contribution in [1.29, 1.82) is 0 Å². The minimum absolute atomic E-state index is 0.0672. The van der Waals surface area contributed by atoms with E-state index in [9.17, 15) is 14.4 Å². The molecule has 3 amide bonds. The molecule has 2 aliphatic heterocycles. The molecule has 1 atom stereocenters. The molecule has 2 N–H and O–H groups in total. The van der Waals surface area contributed by atoms with Gasteiger partial charge in [0, 0.05) is 31.6 Å². The van der Waals surface area contributed by atoms with Gasteiger partial charge in [0.15, 0.2) is 0 Å². The number of imide groups is 1. The normalized spacial score (nSPS) is 20.8. The maximum absolute atomic E-state index is 13.1. The molecule has 0 spiro atoms. The molecule has 35 heavy (non-hydrogen) atoms. The van der Waals surface area contributed by atoms with Gasteiger partial charge in [-0.1, -0.05) is 36.8 Å². The number of aromatic amines is 1. The first-order valence-electron chi connectivity index (χ1n) is 12.1. The van der Waals surface area contributed by atoms with E-state index in [1.807, 2.05) is 11.8 Å². The predicted molar refractivity (Wildman–Crippen MR) is 131 cm³/mol. The van der Waals surface area contributed by atoms with Crippen molar-refractivity contribution in [3.8, 4) is 11.3 Å². The van der Waals surface area contributed by atoms with Gasteiger partial charge in [0.25, 0.3) is 5.91 Å². The Hall–Kier alpha value is -3.81. The van der Waals surface area contributed by atoms with E-state index in [4.69, 9.17) is 0 Å². The molecule has 0 radical (unpaired) electrons. The highest BCUT2D eigenvalue weighted by Crippen LogP contribution is 2.35. The number of pyridine rings is 1. The Kier molecular flexibility index (Phi) is 5.96. The number of H-pyrrole nitrogens is 1. The van der Waals surface area contributed by atoms with Crippen LogP contribution in [-0.2, 0) is 15.0 Å². The average Bonchev–Trinajstić information content (AvgIpc) is 3.49. The summed E-state index contributed by atoms with van der Waals surface area (Å²) in [6.07, 6.45) is 3.78. The second kappa shape index (κ2) is 9.09. The van der Waals surface area contributed by atoms with Crippen LogP contribution in [0.2, 0.25) is 0 Å². The smallest absolute Gasteiger partial charge is 0.255 e. The number of rotatable bonds is 5. The molecule has 2 aliphatic rings. The standard InChI is InChI=1S/C27H29N5O3/c1-3-27(15-24(33)29-26(27)35)23-9-8-20(16-28-23)25(34)32-12-10-19(11-13-32)22-14-21(30-31-22)18-6-4-17(2)5-7-18/h4-9,14,16,19H,3,10-13,15H2,1-2H3,(H,30,31)(H,29,33,35). The Morgan fingerprint density at radius 1 is 1.11 bits per heavy atom. The fourth-order valence-electron chi connectivity index (χ4n) is 5.11. The van der Waals surface area contributed by atoms with E-state index in [0.717, 1.165) is 29.8 Å². The van der Waals surface area contributed by atoms with Gasteiger partial charge in [-0.05, 0) is 49.9 Å². The van der Waals surface area contributed by atoms with Crippen LogP contribution in [0.25, 0.3) is 11.3 Å². The molecule has 8 nitrogen and oxygen atoms in total. The van der Waals surface area contributed by atoms with Crippen LogP contribution in [0.5, 0.6) is 0 Å². The Balaban J connectivity index is 1.22. The monoisotopic (exact) mass is 471 g/mol. The van der Waals surface area contributed by atoms with Gasteiger partial charge in [0.05, 0.1) is 22.6 Å². The molecule has 0 aliphatic carbocycles. The van der Waals surface area contributed by atoms with Crippen LogP contribution in [0.15, 0.2) is 48.7 Å². The summed E-state index contributed by atoms with van der Waals surface area (Å²) in [6, 6.07) is 13.9. The zero-order valence-electron chi connectivity index (χ0n) is 20.0. The number of nitrogens with one attached hydrogen (secondary N) is 2. The highest BCUT2D eigenvalue weighted by Gasteiger charge is 2.47. The van der Waals surface area contributed by atoms with Crippen molar-refractivity contribution in [2.75, 3.05) is 13.1 Å². The van der Waals surface area contributed by atoms with Crippen LogP contribution in [0.4, 0.5) is 0 Å². The SMILES string of the molecule is CCC1(c2ccc(C(=O)N3CCC(c4cc(-c5ccc(C)cc5)[nH]n4)CC3)cn2)CC(=O)NC1=O. The van der Waals surface area contributed by atoms with Crippen molar-refractivity contribution in [3.63, 3.8) is 0 Å². The maximum atomic E-state index is 13.1. The van der Waals surface area contributed by atoms with Gasteiger partial charge in [-0.3, -0.25) is 29.8 Å². The highest BCUT2D eigenvalue weighted by atomic mass is 16.2. The maximum Gasteiger partial charge on any atom is 0.255 e. The Bertz CT molecular complexity index is 1260. The van der Waals surface area contributed by atoms with Crippen molar-refractivity contribution in [2.24, 2.45) is 0 Å². The van der Waals surface area contributed by atoms with E-state index in [0.29, 0.717) is 36.7 Å². The number of likely N-dealkylation sites (tertiary alicyclic amines) is 1. The van der Waals surface area contributed by atoms with Crippen LogP contribution in [0.1, 0.15) is 65.8 Å². The molecule has 180 valence electrons. The summed E-state index contributed by atoms with van der Waals surface area (Å²) in [5.74, 6) is -0.368. The van der Waals surface area contributed by atoms with Crippen molar-refractivity contribution < 1.29 is 14.4 Å². The van der Waals surface area contributed by atoms with Gasteiger partial charge in [0.1, 0.15) is 5.41 Å². The summed E-state index contributed by atoms with van der Waals surface area (Å²) in [4.78, 5) is 43.5. The van der Waals surface area contributed by atoms with Gasteiger partial charge < -0.3 is 4.90 Å². The lowest BCUT2D eigenvalue weighted by Gasteiger charge is -2.31. The molecule has 0 saturated carbocycles. The summed E-state index contributed by atoms with van der Waals surface area (Å²) in [5.41, 5.74) is 4.45. The third-order valence-corrected chi connectivity index (χ3v) is 7.41. The number of carbonyl (C=O) groups excluding carboxylic acids is 3. The van der Waals surface area contributed by atoms with Crippen LogP contribution in [0.3, 0.4) is 0 Å². The zero-order chi connectivity index (χ0) is 24.6. The fourth-order valence-corrected chi connectivity index (χ4v) is 5.11. The largest absolute Gasteiger partial charge is 0.339 e. The van der Waals surface area contributed by atoms with Crippen molar-refractivity contribution >= 4 is 17.7 Å². The predicted octanol–water partition coefficient (Wildman–Crippen LogP) is 3.49. The van der Waals surface area contributed by atoms with Crippen LogP contribution in [0, 0.1) is 6.92 Å². The number of nitrogens with zero attached hydrogens (tertiary/aromatic N) is 3. The van der Waals surface area contributed by atoms with Gasteiger partial charge in [0.2, 0.25) is 11.8 Å². The molecular weight excluding hydrogens is 442 g/mol. The molecule has 2 fully saturated rings. The van der Waals surface area contributed by atoms with E-state index in [2.05, 4.69) is 57.8 Å². The lowest BCUT2D eigenvalue weighted by molar-refractivity contribution is -0.126. The zero-order valence-corrected chi connectivity index (χ0v) is 20.0. The van der Waals surface area contributed by atoms with E-state index in [-0.39, 0.29) is 24.1 Å². The number of benzene rings is 1. The molecule has 2 aromatic heterocycles. The molecule has 2 saturated heterocycles.